The maximum atomic E-state index is 11.6. The van der Waals surface area contributed by atoms with Crippen molar-refractivity contribution in [3.8, 4) is 6.07 Å². The highest BCUT2D eigenvalue weighted by Gasteiger charge is 2.11. The standard InChI is InChI=1S/C13H13N3O2/c14-7-3-4-8-15-13(17)9-11-10-5-1-2-6-12(10)18-16-11/h1-2,5-6H,3-4,8-9H2,(H,15,17). The van der Waals surface area contributed by atoms with Crippen LogP contribution in [0.5, 0.6) is 0 Å². The second-order valence-corrected chi connectivity index (χ2v) is 3.91. The van der Waals surface area contributed by atoms with E-state index in [0.717, 1.165) is 5.39 Å². The Labute approximate surface area is 104 Å². The molecule has 1 N–H and O–H groups in total. The van der Waals surface area contributed by atoms with Crippen molar-refractivity contribution in [1.82, 2.24) is 10.5 Å². The Morgan fingerprint density at radius 3 is 3.11 bits per heavy atom. The first-order valence-corrected chi connectivity index (χ1v) is 5.78. The fourth-order valence-electron chi connectivity index (χ4n) is 1.68. The number of hydrogen-bond acceptors (Lipinski definition) is 4. The fraction of sp³-hybridized carbons (Fsp3) is 0.308. The molecule has 0 aliphatic heterocycles. The van der Waals surface area contributed by atoms with Crippen LogP contribution in [0.15, 0.2) is 28.8 Å². The Hall–Kier alpha value is -2.35. The number of nitrogens with one attached hydrogen (secondary N) is 1. The topological polar surface area (TPSA) is 78.9 Å². The number of rotatable bonds is 5. The van der Waals surface area contributed by atoms with Crippen LogP contribution >= 0.6 is 0 Å². The van der Waals surface area contributed by atoms with E-state index in [1.807, 2.05) is 30.3 Å². The number of amides is 1. The molecule has 0 saturated carbocycles. The summed E-state index contributed by atoms with van der Waals surface area (Å²) in [4.78, 5) is 11.6. The Kier molecular flexibility index (Phi) is 3.92. The van der Waals surface area contributed by atoms with Crippen LogP contribution in [0, 0.1) is 11.3 Å². The molecule has 0 aliphatic carbocycles. The van der Waals surface area contributed by atoms with Crippen LogP contribution < -0.4 is 5.32 Å². The number of benzene rings is 1. The highest BCUT2D eigenvalue weighted by molar-refractivity contribution is 5.86. The van der Waals surface area contributed by atoms with E-state index in [1.54, 1.807) is 0 Å². The maximum Gasteiger partial charge on any atom is 0.226 e. The molecule has 0 spiro atoms. The number of hydrogen-bond donors (Lipinski definition) is 1. The number of aromatic nitrogens is 1. The molecule has 2 rings (SSSR count). The highest BCUT2D eigenvalue weighted by Crippen LogP contribution is 2.17. The SMILES string of the molecule is N#CCCCNC(=O)Cc1noc2ccccc12. The van der Waals surface area contributed by atoms with E-state index in [-0.39, 0.29) is 12.3 Å². The summed E-state index contributed by atoms with van der Waals surface area (Å²) < 4.78 is 5.12. The molecule has 5 nitrogen and oxygen atoms in total. The number of carbonyl (C=O) groups is 1. The molecule has 1 heterocycles. The predicted octanol–water partition coefficient (Wildman–Crippen LogP) is 1.79. The summed E-state index contributed by atoms with van der Waals surface area (Å²) in [5.41, 5.74) is 1.33. The zero-order chi connectivity index (χ0) is 12.8. The molecule has 1 amide bonds. The third kappa shape index (κ3) is 2.86. The van der Waals surface area contributed by atoms with Crippen LogP contribution in [0.3, 0.4) is 0 Å². The lowest BCUT2D eigenvalue weighted by Gasteiger charge is -2.01. The van der Waals surface area contributed by atoms with Crippen molar-refractivity contribution in [3.05, 3.63) is 30.0 Å². The van der Waals surface area contributed by atoms with Crippen LogP contribution in [0.2, 0.25) is 0 Å². The molecule has 2 aromatic rings. The first kappa shape index (κ1) is 12.1. The minimum Gasteiger partial charge on any atom is -0.356 e. The van der Waals surface area contributed by atoms with Crippen molar-refractivity contribution in [2.75, 3.05) is 6.54 Å². The van der Waals surface area contributed by atoms with Crippen molar-refractivity contribution < 1.29 is 9.32 Å². The van der Waals surface area contributed by atoms with E-state index in [9.17, 15) is 4.79 Å². The van der Waals surface area contributed by atoms with E-state index >= 15 is 0 Å². The average molecular weight is 243 g/mol. The lowest BCUT2D eigenvalue weighted by atomic mass is 10.1. The number of fused-ring (bicyclic) bond motifs is 1. The second kappa shape index (κ2) is 5.82. The largest absolute Gasteiger partial charge is 0.356 e. The number of unbranched alkanes of at least 4 members (excludes halogenated alkanes) is 1. The third-order valence-corrected chi connectivity index (χ3v) is 2.57. The molecule has 0 radical (unpaired) electrons. The van der Waals surface area contributed by atoms with Crippen molar-refractivity contribution in [2.24, 2.45) is 0 Å². The first-order chi connectivity index (χ1) is 8.81. The molecule has 1 aromatic carbocycles. The fourth-order valence-corrected chi connectivity index (χ4v) is 1.68. The van der Waals surface area contributed by atoms with E-state index in [2.05, 4.69) is 10.5 Å². The molecular weight excluding hydrogens is 230 g/mol. The van der Waals surface area contributed by atoms with Crippen molar-refractivity contribution in [1.29, 1.82) is 5.26 Å². The van der Waals surface area contributed by atoms with Gasteiger partial charge in [-0.3, -0.25) is 4.79 Å². The quantitative estimate of drug-likeness (QED) is 0.812. The third-order valence-electron chi connectivity index (χ3n) is 2.57. The van der Waals surface area contributed by atoms with Gasteiger partial charge in [-0.25, -0.2) is 0 Å². The summed E-state index contributed by atoms with van der Waals surface area (Å²) >= 11 is 0. The summed E-state index contributed by atoms with van der Waals surface area (Å²) in [6.45, 7) is 0.516. The van der Waals surface area contributed by atoms with Crippen molar-refractivity contribution >= 4 is 16.9 Å². The summed E-state index contributed by atoms with van der Waals surface area (Å²) in [5, 5.41) is 15.9. The van der Waals surface area contributed by atoms with Gasteiger partial charge in [-0.05, 0) is 18.6 Å². The first-order valence-electron chi connectivity index (χ1n) is 5.78. The van der Waals surface area contributed by atoms with Gasteiger partial charge in [0.05, 0.1) is 12.5 Å². The molecule has 1 aromatic heterocycles. The number of nitrogens with zero attached hydrogens (tertiary/aromatic N) is 2. The molecule has 0 fully saturated rings. The van der Waals surface area contributed by atoms with Gasteiger partial charge in [-0.2, -0.15) is 5.26 Å². The van der Waals surface area contributed by atoms with E-state index < -0.39 is 0 Å². The lowest BCUT2D eigenvalue weighted by molar-refractivity contribution is -0.120. The summed E-state index contributed by atoms with van der Waals surface area (Å²) in [7, 11) is 0. The smallest absolute Gasteiger partial charge is 0.226 e. The molecule has 5 heteroatoms. The minimum absolute atomic E-state index is 0.105. The molecular formula is C13H13N3O2. The number of carbonyl (C=O) groups excluding carboxylic acids is 1. The average Bonchev–Trinajstić information content (AvgIpc) is 2.78. The summed E-state index contributed by atoms with van der Waals surface area (Å²) in [6, 6.07) is 9.47. The molecule has 0 unspecified atom stereocenters. The van der Waals surface area contributed by atoms with Crippen LogP contribution in [0.25, 0.3) is 11.0 Å². The molecule has 18 heavy (non-hydrogen) atoms. The van der Waals surface area contributed by atoms with Crippen LogP contribution in [-0.4, -0.2) is 17.6 Å². The van der Waals surface area contributed by atoms with E-state index in [4.69, 9.17) is 9.78 Å². The van der Waals surface area contributed by atoms with Gasteiger partial charge >= 0.3 is 0 Å². The Morgan fingerprint density at radius 2 is 2.28 bits per heavy atom. The van der Waals surface area contributed by atoms with Crippen LogP contribution in [-0.2, 0) is 11.2 Å². The van der Waals surface area contributed by atoms with Gasteiger partial charge in [-0.1, -0.05) is 17.3 Å². The Bertz CT molecular complexity index is 583. The Balaban J connectivity index is 1.93. The zero-order valence-electron chi connectivity index (χ0n) is 9.85. The molecule has 0 bridgehead atoms. The number of nitriles is 1. The molecule has 0 saturated heterocycles. The predicted molar refractivity (Wildman–Crippen MR) is 65.6 cm³/mol. The van der Waals surface area contributed by atoms with Gasteiger partial charge in [0.2, 0.25) is 5.91 Å². The van der Waals surface area contributed by atoms with E-state index in [0.29, 0.717) is 30.7 Å². The minimum atomic E-state index is -0.105. The van der Waals surface area contributed by atoms with Gasteiger partial charge in [0.1, 0.15) is 5.69 Å². The lowest BCUT2D eigenvalue weighted by Crippen LogP contribution is -2.26. The molecule has 0 atom stereocenters. The number of para-hydroxylation sites is 1. The summed E-state index contributed by atoms with van der Waals surface area (Å²) in [5.74, 6) is -0.105. The van der Waals surface area contributed by atoms with Gasteiger partial charge in [0, 0.05) is 18.4 Å². The maximum absolute atomic E-state index is 11.6. The molecule has 92 valence electrons. The van der Waals surface area contributed by atoms with Crippen molar-refractivity contribution in [3.63, 3.8) is 0 Å². The van der Waals surface area contributed by atoms with Gasteiger partial charge in [0.25, 0.3) is 0 Å². The van der Waals surface area contributed by atoms with E-state index in [1.165, 1.54) is 0 Å². The normalized spacial score (nSPS) is 10.2. The van der Waals surface area contributed by atoms with Crippen LogP contribution in [0.1, 0.15) is 18.5 Å². The van der Waals surface area contributed by atoms with Gasteiger partial charge in [0.15, 0.2) is 5.58 Å². The van der Waals surface area contributed by atoms with Gasteiger partial charge < -0.3 is 9.84 Å². The zero-order valence-corrected chi connectivity index (χ0v) is 9.85. The Morgan fingerprint density at radius 1 is 1.44 bits per heavy atom. The van der Waals surface area contributed by atoms with Crippen molar-refractivity contribution in [2.45, 2.75) is 19.3 Å². The van der Waals surface area contributed by atoms with Gasteiger partial charge in [-0.15, -0.1) is 0 Å². The monoisotopic (exact) mass is 243 g/mol. The second-order valence-electron chi connectivity index (χ2n) is 3.91. The summed E-state index contributed by atoms with van der Waals surface area (Å²) in [6.07, 6.45) is 1.32. The van der Waals surface area contributed by atoms with Crippen LogP contribution in [0.4, 0.5) is 0 Å². The molecule has 0 aliphatic rings. The highest BCUT2D eigenvalue weighted by atomic mass is 16.5.